The molecule has 11 heteroatoms. The van der Waals surface area contributed by atoms with Crippen molar-refractivity contribution < 1.29 is 28.1 Å². The van der Waals surface area contributed by atoms with Crippen molar-refractivity contribution in [2.24, 2.45) is 35.5 Å². The number of carbonyl (C=O) groups excluding carboxylic acids is 1. The Labute approximate surface area is 280 Å². The van der Waals surface area contributed by atoms with Gasteiger partial charge in [0.25, 0.3) is 5.69 Å². The number of carbonyl (C=O) groups is 1. The zero-order valence-corrected chi connectivity index (χ0v) is 30.2. The first kappa shape index (κ1) is 36.1. The van der Waals surface area contributed by atoms with Crippen LogP contribution in [0.5, 0.6) is 0 Å². The van der Waals surface area contributed by atoms with Crippen molar-refractivity contribution in [2.45, 2.75) is 98.1 Å². The third-order valence-electron chi connectivity index (χ3n) is 9.52. The highest BCUT2D eigenvalue weighted by Gasteiger charge is 2.49. The molecule has 2 aliphatic carbocycles. The molecule has 2 aromatic rings. The van der Waals surface area contributed by atoms with Crippen LogP contribution < -0.4 is 0 Å². The van der Waals surface area contributed by atoms with Crippen molar-refractivity contribution >= 4 is 46.8 Å². The number of halogens is 2. The standard InChI is InChI=1S/C34H46BrClNO7P/c1-20(2)27-14-7-22(5)17-31(27)43-45(41,44-32-18-23(6)8-15-28(32)21(3)4)34(24-9-11-25(35)12-10-24)42-33(38)29-16-13-26(36)19-30(29)37(39)40/h9-13,16,19-23,27-28,31-32,34H,7-8,14-15,17-18H2,1-6H3/t22-,23-,27-,28-,31-,32-,34-/m1/s1. The summed E-state index contributed by atoms with van der Waals surface area (Å²) in [4.78, 5) is 25.0. The second kappa shape index (κ2) is 15.4. The van der Waals surface area contributed by atoms with Crippen LogP contribution in [0.25, 0.3) is 0 Å². The molecule has 2 aromatic carbocycles. The molecule has 0 amide bonds. The molecule has 45 heavy (non-hydrogen) atoms. The Kier molecular flexibility index (Phi) is 12.4. The average Bonchev–Trinajstić information content (AvgIpc) is 2.96. The minimum atomic E-state index is -4.29. The third-order valence-corrected chi connectivity index (χ3v) is 12.4. The maximum Gasteiger partial charge on any atom is 0.376 e. The molecule has 0 aliphatic heterocycles. The molecule has 0 aromatic heterocycles. The van der Waals surface area contributed by atoms with E-state index in [1.807, 2.05) is 0 Å². The van der Waals surface area contributed by atoms with Gasteiger partial charge in [0.1, 0.15) is 5.56 Å². The molecule has 0 bridgehead atoms. The molecule has 0 N–H and O–H groups in total. The van der Waals surface area contributed by atoms with Gasteiger partial charge in [-0.2, -0.15) is 0 Å². The topological polar surface area (TPSA) is 105 Å². The van der Waals surface area contributed by atoms with E-state index in [4.69, 9.17) is 25.4 Å². The van der Waals surface area contributed by atoms with Crippen LogP contribution in [0.15, 0.2) is 46.9 Å². The zero-order chi connectivity index (χ0) is 33.1. The van der Waals surface area contributed by atoms with Gasteiger partial charge in [-0.15, -0.1) is 0 Å². The first-order chi connectivity index (χ1) is 21.2. The second-order valence-electron chi connectivity index (χ2n) is 13.7. The van der Waals surface area contributed by atoms with Gasteiger partial charge >= 0.3 is 13.6 Å². The van der Waals surface area contributed by atoms with Gasteiger partial charge in [-0.3, -0.25) is 14.7 Å². The normalized spacial score (nSPS) is 26.5. The Morgan fingerprint density at radius 2 is 1.42 bits per heavy atom. The Morgan fingerprint density at radius 3 is 1.89 bits per heavy atom. The van der Waals surface area contributed by atoms with E-state index >= 15 is 4.57 Å². The third kappa shape index (κ3) is 8.98. The maximum atomic E-state index is 15.6. The summed E-state index contributed by atoms with van der Waals surface area (Å²) in [5.74, 6) is -0.897. The lowest BCUT2D eigenvalue weighted by atomic mass is 9.75. The number of rotatable bonds is 11. The zero-order valence-electron chi connectivity index (χ0n) is 27.0. The number of esters is 1. The van der Waals surface area contributed by atoms with Crippen molar-refractivity contribution in [3.63, 3.8) is 0 Å². The molecule has 2 saturated carbocycles. The van der Waals surface area contributed by atoms with Crippen LogP contribution in [0.3, 0.4) is 0 Å². The molecule has 0 heterocycles. The highest BCUT2D eigenvalue weighted by Crippen LogP contribution is 2.66. The Balaban J connectivity index is 1.84. The highest BCUT2D eigenvalue weighted by molar-refractivity contribution is 9.10. The van der Waals surface area contributed by atoms with Crippen LogP contribution in [-0.2, 0) is 18.3 Å². The number of nitrogens with zero attached hydrogens (tertiary/aromatic N) is 1. The number of nitro groups is 1. The number of benzene rings is 2. The van der Waals surface area contributed by atoms with E-state index < -0.39 is 30.0 Å². The molecule has 8 nitrogen and oxygen atoms in total. The van der Waals surface area contributed by atoms with E-state index in [-0.39, 0.29) is 46.5 Å². The quantitative estimate of drug-likeness (QED) is 0.0982. The summed E-state index contributed by atoms with van der Waals surface area (Å²) in [6, 6.07) is 10.7. The van der Waals surface area contributed by atoms with Gasteiger partial charge in [0.15, 0.2) is 0 Å². The van der Waals surface area contributed by atoms with Gasteiger partial charge in [0.2, 0.25) is 5.85 Å². The Bertz CT molecular complexity index is 1350. The maximum absolute atomic E-state index is 15.6. The first-order valence-corrected chi connectivity index (χ1v) is 18.8. The number of ether oxygens (including phenoxy) is 1. The van der Waals surface area contributed by atoms with E-state index in [9.17, 15) is 14.9 Å². The minimum absolute atomic E-state index is 0.109. The van der Waals surface area contributed by atoms with Gasteiger partial charge in [-0.25, -0.2) is 4.79 Å². The SMILES string of the molecule is CC(C)[C@H]1CC[C@@H](C)C[C@H]1OP(=O)(O[C@@H]1C[C@H](C)CC[C@@H]1C(C)C)[C@@H](OC(=O)c1ccc(Cl)cc1[N+](=O)[O-])c1ccc(Br)cc1. The lowest BCUT2D eigenvalue weighted by molar-refractivity contribution is -0.385. The monoisotopic (exact) mass is 725 g/mol. The van der Waals surface area contributed by atoms with Crippen LogP contribution >= 0.6 is 35.1 Å². The van der Waals surface area contributed by atoms with E-state index in [2.05, 4.69) is 57.5 Å². The molecule has 0 unspecified atom stereocenters. The van der Waals surface area contributed by atoms with Crippen LogP contribution in [0.4, 0.5) is 5.69 Å². The fourth-order valence-corrected chi connectivity index (χ4v) is 9.62. The van der Waals surface area contributed by atoms with E-state index in [0.717, 1.165) is 36.2 Å². The largest absolute Gasteiger partial charge is 0.441 e. The summed E-state index contributed by atoms with van der Waals surface area (Å²) in [6.07, 6.45) is 4.61. The molecule has 248 valence electrons. The lowest BCUT2D eigenvalue weighted by Crippen LogP contribution is -2.37. The molecule has 4 rings (SSSR count). The van der Waals surface area contributed by atoms with Crippen LogP contribution in [0.1, 0.15) is 102 Å². The summed E-state index contributed by atoms with van der Waals surface area (Å²) in [5.41, 5.74) is -0.377. The van der Waals surface area contributed by atoms with E-state index in [0.29, 0.717) is 30.2 Å². The Hall–Kier alpha value is -1.77. The summed E-state index contributed by atoms with van der Waals surface area (Å²) in [6.45, 7) is 12.9. The summed E-state index contributed by atoms with van der Waals surface area (Å²) >= 11 is 9.49. The van der Waals surface area contributed by atoms with E-state index in [1.54, 1.807) is 24.3 Å². The van der Waals surface area contributed by atoms with Gasteiger partial charge in [-0.1, -0.05) is 94.0 Å². The molecule has 0 radical (unpaired) electrons. The summed E-state index contributed by atoms with van der Waals surface area (Å²) in [5, 5.41) is 12.0. The Morgan fingerprint density at radius 1 is 0.911 bits per heavy atom. The number of hydrogen-bond acceptors (Lipinski definition) is 7. The molecule has 2 fully saturated rings. The van der Waals surface area contributed by atoms with Crippen LogP contribution in [0.2, 0.25) is 5.02 Å². The summed E-state index contributed by atoms with van der Waals surface area (Å²) < 4.78 is 36.0. The van der Waals surface area contributed by atoms with Gasteiger partial charge < -0.3 is 13.8 Å². The second-order valence-corrected chi connectivity index (χ2v) is 17.0. The molecule has 7 atom stereocenters. The number of hydrogen-bond donors (Lipinski definition) is 0. The van der Waals surface area contributed by atoms with Crippen molar-refractivity contribution in [1.82, 2.24) is 0 Å². The molecular formula is C34H46BrClNO7P. The van der Waals surface area contributed by atoms with Crippen LogP contribution in [0, 0.1) is 45.6 Å². The molecule has 2 aliphatic rings. The lowest BCUT2D eigenvalue weighted by Gasteiger charge is -2.43. The van der Waals surface area contributed by atoms with Gasteiger partial charge in [0, 0.05) is 21.1 Å². The summed E-state index contributed by atoms with van der Waals surface area (Å²) in [7, 11) is -4.29. The average molecular weight is 727 g/mol. The van der Waals surface area contributed by atoms with Crippen molar-refractivity contribution in [1.29, 1.82) is 0 Å². The van der Waals surface area contributed by atoms with E-state index in [1.165, 1.54) is 12.1 Å². The van der Waals surface area contributed by atoms with Crippen molar-refractivity contribution in [3.05, 3.63) is 73.2 Å². The smallest absolute Gasteiger partial charge is 0.376 e. The van der Waals surface area contributed by atoms with Crippen molar-refractivity contribution in [2.75, 3.05) is 0 Å². The van der Waals surface area contributed by atoms with Crippen LogP contribution in [-0.4, -0.2) is 23.1 Å². The fraction of sp³-hybridized carbons (Fsp3) is 0.618. The predicted octanol–water partition coefficient (Wildman–Crippen LogP) is 11.0. The molecule has 0 spiro atoms. The van der Waals surface area contributed by atoms with Gasteiger partial charge in [-0.05, 0) is 85.5 Å². The predicted molar refractivity (Wildman–Crippen MR) is 180 cm³/mol. The minimum Gasteiger partial charge on any atom is -0.441 e. The molecular weight excluding hydrogens is 681 g/mol. The van der Waals surface area contributed by atoms with Crippen molar-refractivity contribution in [3.8, 4) is 0 Å². The first-order valence-electron chi connectivity index (χ1n) is 16.0. The fourth-order valence-electron chi connectivity index (χ4n) is 6.92. The highest BCUT2D eigenvalue weighted by atomic mass is 79.9. The van der Waals surface area contributed by atoms with Gasteiger partial charge in [0.05, 0.1) is 17.1 Å². The molecule has 0 saturated heterocycles. The number of nitro benzene ring substituents is 1.